The van der Waals surface area contributed by atoms with Gasteiger partial charge in [-0.05, 0) is 118 Å². The van der Waals surface area contributed by atoms with Gasteiger partial charge >= 0.3 is 0 Å². The highest BCUT2D eigenvalue weighted by Crippen LogP contribution is 2.50. The zero-order valence-electron chi connectivity index (χ0n) is 31.9. The van der Waals surface area contributed by atoms with E-state index < -0.39 is 0 Å². The van der Waals surface area contributed by atoms with Crippen LogP contribution in [0.15, 0.2) is 170 Å². The van der Waals surface area contributed by atoms with Gasteiger partial charge in [0.1, 0.15) is 0 Å². The summed E-state index contributed by atoms with van der Waals surface area (Å²) in [5, 5.41) is 1.46. The van der Waals surface area contributed by atoms with E-state index in [1.165, 1.54) is 88.9 Å². The van der Waals surface area contributed by atoms with Crippen molar-refractivity contribution >= 4 is 57.9 Å². The van der Waals surface area contributed by atoms with E-state index in [1.54, 1.807) is 0 Å². The van der Waals surface area contributed by atoms with Crippen molar-refractivity contribution in [2.24, 2.45) is 0 Å². The summed E-state index contributed by atoms with van der Waals surface area (Å²) in [4.78, 5) is 2.65. The summed E-state index contributed by atoms with van der Waals surface area (Å²) in [6, 6.07) is 52.3. The third kappa shape index (κ3) is 8.71. The Morgan fingerprint density at radius 1 is 0.536 bits per heavy atom. The number of benzene rings is 6. The molecule has 2 aliphatic rings. The van der Waals surface area contributed by atoms with E-state index in [1.807, 2.05) is 24.3 Å². The zero-order chi connectivity index (χ0) is 38.3. The van der Waals surface area contributed by atoms with Crippen molar-refractivity contribution < 1.29 is 0 Å². The molecular formula is C53H47Cl2N. The van der Waals surface area contributed by atoms with Crippen molar-refractivity contribution in [3.8, 4) is 0 Å². The van der Waals surface area contributed by atoms with Crippen LogP contribution in [0.3, 0.4) is 0 Å². The molecule has 0 amide bonds. The maximum absolute atomic E-state index is 6.25. The molecule has 1 aliphatic carbocycles. The fourth-order valence-electron chi connectivity index (χ4n) is 8.42. The molecule has 1 aliphatic heterocycles. The molecule has 0 saturated heterocycles. The lowest BCUT2D eigenvalue weighted by atomic mass is 9.84. The minimum Gasteiger partial charge on any atom is -0.338 e. The van der Waals surface area contributed by atoms with Gasteiger partial charge in [0.2, 0.25) is 0 Å². The Morgan fingerprint density at radius 2 is 1.05 bits per heavy atom. The van der Waals surface area contributed by atoms with Crippen molar-refractivity contribution in [2.75, 3.05) is 4.90 Å². The van der Waals surface area contributed by atoms with E-state index in [2.05, 4.69) is 170 Å². The first-order valence-corrected chi connectivity index (χ1v) is 20.7. The lowest BCUT2D eigenvalue weighted by molar-refractivity contribution is 0.419. The summed E-state index contributed by atoms with van der Waals surface area (Å²) < 4.78 is 0. The highest BCUT2D eigenvalue weighted by atomic mass is 35.5. The van der Waals surface area contributed by atoms with Crippen molar-refractivity contribution in [3.63, 3.8) is 0 Å². The first-order valence-electron chi connectivity index (χ1n) is 19.9. The third-order valence-corrected chi connectivity index (χ3v) is 11.8. The van der Waals surface area contributed by atoms with Crippen molar-refractivity contribution in [3.05, 3.63) is 224 Å². The number of aryl methyl sites for hydroxylation is 1. The molecule has 0 bridgehead atoms. The van der Waals surface area contributed by atoms with Crippen LogP contribution in [0.4, 0.5) is 11.4 Å². The Kier molecular flexibility index (Phi) is 11.8. The average Bonchev–Trinajstić information content (AvgIpc) is 3.51. The molecule has 0 aromatic heterocycles. The molecular weight excluding hydrogens is 721 g/mol. The lowest BCUT2D eigenvalue weighted by Gasteiger charge is -2.32. The van der Waals surface area contributed by atoms with Crippen LogP contribution < -0.4 is 4.90 Å². The van der Waals surface area contributed by atoms with Crippen molar-refractivity contribution in [1.82, 2.24) is 0 Å². The van der Waals surface area contributed by atoms with Gasteiger partial charge in [0.05, 0.1) is 0 Å². The second kappa shape index (κ2) is 17.6. The minimum atomic E-state index is 0.470. The van der Waals surface area contributed by atoms with Crippen LogP contribution in [0, 0.1) is 6.92 Å². The van der Waals surface area contributed by atoms with Gasteiger partial charge in [0.25, 0.3) is 0 Å². The van der Waals surface area contributed by atoms with Crippen LogP contribution in [0.1, 0.15) is 89.0 Å². The molecule has 1 saturated carbocycles. The molecule has 6 aromatic carbocycles. The van der Waals surface area contributed by atoms with Gasteiger partial charge in [-0.25, -0.2) is 0 Å². The Hall–Kier alpha value is -5.34. The number of hydrogen-bond acceptors (Lipinski definition) is 1. The van der Waals surface area contributed by atoms with Crippen molar-refractivity contribution in [1.29, 1.82) is 0 Å². The topological polar surface area (TPSA) is 3.24 Å². The molecule has 0 radical (unpaired) electrons. The summed E-state index contributed by atoms with van der Waals surface area (Å²) in [5.41, 5.74) is 14.8. The largest absolute Gasteiger partial charge is 0.338 e. The highest BCUT2D eigenvalue weighted by molar-refractivity contribution is 6.31. The number of allylic oxidation sites excluding steroid dienone is 4. The Morgan fingerprint density at radius 3 is 1.66 bits per heavy atom. The molecule has 3 heteroatoms. The number of fused-ring (bicyclic) bond motifs is 3. The van der Waals surface area contributed by atoms with E-state index in [0.717, 1.165) is 26.7 Å². The SMILES string of the molecule is Cc1ccc(C(=CC=Cc2ccc(N3c4ccc(C=CC=C(c5ccc(Cl)cc5)c5ccc(Cl)cc5)cc4C4CCCCCCC43)cc2)c2ccccc2)cc1. The maximum atomic E-state index is 6.25. The first-order chi connectivity index (χ1) is 27.5. The zero-order valence-corrected chi connectivity index (χ0v) is 33.4. The van der Waals surface area contributed by atoms with Crippen LogP contribution in [0.2, 0.25) is 10.0 Å². The number of anilines is 2. The van der Waals surface area contributed by atoms with Gasteiger partial charge < -0.3 is 4.90 Å². The molecule has 56 heavy (non-hydrogen) atoms. The second-order valence-electron chi connectivity index (χ2n) is 15.1. The molecule has 0 N–H and O–H groups in total. The molecule has 1 nitrogen and oxygen atoms in total. The van der Waals surface area contributed by atoms with E-state index in [4.69, 9.17) is 23.2 Å². The molecule has 8 rings (SSSR count). The summed E-state index contributed by atoms with van der Waals surface area (Å²) in [7, 11) is 0. The van der Waals surface area contributed by atoms with E-state index >= 15 is 0 Å². The summed E-state index contributed by atoms with van der Waals surface area (Å²) in [6.07, 6.45) is 20.9. The van der Waals surface area contributed by atoms with Gasteiger partial charge in [-0.1, -0.05) is 188 Å². The predicted octanol–water partition coefficient (Wildman–Crippen LogP) is 15.6. The fraction of sp³-hybridized carbons (Fsp3) is 0.170. The molecule has 0 spiro atoms. The lowest BCUT2D eigenvalue weighted by Crippen LogP contribution is -2.30. The third-order valence-electron chi connectivity index (χ3n) is 11.3. The maximum Gasteiger partial charge on any atom is 0.0450 e. The Bertz CT molecular complexity index is 2320. The predicted molar refractivity (Wildman–Crippen MR) is 242 cm³/mol. The van der Waals surface area contributed by atoms with E-state index in [-0.39, 0.29) is 0 Å². The van der Waals surface area contributed by atoms with Gasteiger partial charge in [-0.15, -0.1) is 0 Å². The first kappa shape index (κ1) is 37.6. The van der Waals surface area contributed by atoms with Crippen LogP contribution in [0.25, 0.3) is 23.3 Å². The standard InChI is InChI=1S/C53H47Cl2N/c1-38-19-24-42(25-20-38)48(41-13-5-4-6-14-41)16-9-11-39-21-34-47(35-22-39)56-52-18-8-3-2-7-15-50(52)51-37-40(23-36-53(51)56)12-10-17-49(43-26-30-45(54)31-27-43)44-28-32-46(55)33-29-44/h4-6,9-14,16-17,19-37,50,52H,2-3,7-8,15,18H2,1H3. The molecule has 2 atom stereocenters. The van der Waals surface area contributed by atoms with Gasteiger partial charge in [-0.3, -0.25) is 0 Å². The number of hydrogen-bond donors (Lipinski definition) is 0. The number of rotatable bonds is 9. The van der Waals surface area contributed by atoms with Gasteiger partial charge in [-0.2, -0.15) is 0 Å². The number of halogens is 2. The molecule has 278 valence electrons. The molecule has 6 aromatic rings. The monoisotopic (exact) mass is 767 g/mol. The summed E-state index contributed by atoms with van der Waals surface area (Å²) in [6.45, 7) is 2.13. The van der Waals surface area contributed by atoms with Crippen LogP contribution >= 0.6 is 23.2 Å². The van der Waals surface area contributed by atoms with E-state index in [0.29, 0.717) is 12.0 Å². The molecule has 2 unspecified atom stereocenters. The van der Waals surface area contributed by atoms with Crippen LogP contribution in [-0.4, -0.2) is 6.04 Å². The number of nitrogens with zero attached hydrogens (tertiary/aromatic N) is 1. The smallest absolute Gasteiger partial charge is 0.0450 e. The van der Waals surface area contributed by atoms with Crippen LogP contribution in [0.5, 0.6) is 0 Å². The summed E-state index contributed by atoms with van der Waals surface area (Å²) in [5.74, 6) is 0.524. The van der Waals surface area contributed by atoms with Gasteiger partial charge in [0, 0.05) is 33.4 Å². The highest BCUT2D eigenvalue weighted by Gasteiger charge is 2.39. The van der Waals surface area contributed by atoms with Gasteiger partial charge in [0.15, 0.2) is 0 Å². The Labute approximate surface area is 343 Å². The minimum absolute atomic E-state index is 0.470. The summed E-state index contributed by atoms with van der Waals surface area (Å²) >= 11 is 12.5. The molecule has 1 fully saturated rings. The molecule has 1 heterocycles. The van der Waals surface area contributed by atoms with E-state index in [9.17, 15) is 0 Å². The average molecular weight is 769 g/mol. The fourth-order valence-corrected chi connectivity index (χ4v) is 8.68. The van der Waals surface area contributed by atoms with Crippen LogP contribution in [-0.2, 0) is 0 Å². The quantitative estimate of drug-likeness (QED) is 0.132. The van der Waals surface area contributed by atoms with Crippen molar-refractivity contribution in [2.45, 2.75) is 57.4 Å². The Balaban J connectivity index is 1.07. The second-order valence-corrected chi connectivity index (χ2v) is 15.9. The normalized spacial score (nSPS) is 17.1.